The van der Waals surface area contributed by atoms with Crippen LogP contribution in [0.3, 0.4) is 0 Å². The van der Waals surface area contributed by atoms with Gasteiger partial charge in [0.2, 0.25) is 0 Å². The van der Waals surface area contributed by atoms with Crippen LogP contribution in [0, 0.1) is 0 Å². The number of phenols is 1. The number of hydrogen-bond donors (Lipinski definition) is 2. The van der Waals surface area contributed by atoms with Crippen LogP contribution in [-0.4, -0.2) is 39.8 Å². The lowest BCUT2D eigenvalue weighted by molar-refractivity contribution is -0.122. The Balaban J connectivity index is 1.37. The first kappa shape index (κ1) is 29.2. The number of carbonyl (C=O) groups is 2. The Labute approximate surface area is 258 Å². The number of ether oxygens (including phenoxy) is 1. The molecule has 0 spiro atoms. The molecule has 5 rings (SSSR count). The molecule has 1 aromatic heterocycles. The van der Waals surface area contributed by atoms with Gasteiger partial charge in [0.05, 0.1) is 23.9 Å². The molecule has 1 fully saturated rings. The maximum absolute atomic E-state index is 13.5. The Morgan fingerprint density at radius 2 is 1.90 bits per heavy atom. The number of furan rings is 1. The highest BCUT2D eigenvalue weighted by atomic mass is 79.9. The molecule has 2 amide bonds. The van der Waals surface area contributed by atoms with E-state index in [2.05, 4.69) is 31.4 Å². The van der Waals surface area contributed by atoms with Crippen molar-refractivity contribution in [3.8, 4) is 11.5 Å². The number of phenolic OH excluding ortho intramolecular Hbond substituents is 1. The summed E-state index contributed by atoms with van der Waals surface area (Å²) in [5.74, 6) is 0.381. The van der Waals surface area contributed by atoms with Crippen molar-refractivity contribution in [3.63, 3.8) is 0 Å². The fourth-order valence-electron chi connectivity index (χ4n) is 3.80. The van der Waals surface area contributed by atoms with Crippen LogP contribution in [0.25, 0.3) is 6.08 Å². The second kappa shape index (κ2) is 13.6. The molecule has 4 aromatic rings. The van der Waals surface area contributed by atoms with E-state index < -0.39 is 0 Å². The number of carbonyl (C=O) groups excluding carboxylic acids is 2. The van der Waals surface area contributed by atoms with Gasteiger partial charge in [-0.15, -0.1) is 5.10 Å². The maximum Gasteiger partial charge on any atom is 0.267 e. The number of halogens is 2. The molecule has 212 valence electrons. The molecule has 1 aliphatic heterocycles. The average molecular weight is 666 g/mol. The Bertz CT molecular complexity index is 1690. The van der Waals surface area contributed by atoms with Crippen molar-refractivity contribution in [2.75, 3.05) is 11.9 Å². The summed E-state index contributed by atoms with van der Waals surface area (Å²) < 4.78 is 12.0. The topological polar surface area (TPSA) is 117 Å². The summed E-state index contributed by atoms with van der Waals surface area (Å²) in [7, 11) is 0. The lowest BCUT2D eigenvalue weighted by Crippen LogP contribution is -2.28. The zero-order valence-corrected chi connectivity index (χ0v) is 24.9. The minimum absolute atomic E-state index is 0.0636. The van der Waals surface area contributed by atoms with Crippen LogP contribution in [0.4, 0.5) is 5.69 Å². The number of amidine groups is 1. The number of nitrogens with one attached hydrogen (secondary N) is 1. The Kier molecular flexibility index (Phi) is 9.42. The standard InChI is InChI=1S/C30H22BrClN4O5S/c31-21-7-12-26(41-18-28(38)34-23-10-8-22(32)9-11-23)20(14-21)15-27-29(39)36(17-24-5-3-13-40-24)30(42-27)35-33-16-19-4-1-2-6-25(19)37/h1-16,37H,17-18H2,(H,34,38)/b27-15-,33-16-,35-30+. The second-order valence-electron chi connectivity index (χ2n) is 8.79. The first-order valence-electron chi connectivity index (χ1n) is 12.5. The molecule has 0 saturated carbocycles. The smallest absolute Gasteiger partial charge is 0.267 e. The second-order valence-corrected chi connectivity index (χ2v) is 11.2. The van der Waals surface area contributed by atoms with Crippen molar-refractivity contribution in [3.05, 3.63) is 116 Å². The number of para-hydroxylation sites is 1. The van der Waals surface area contributed by atoms with Gasteiger partial charge in [0.25, 0.3) is 11.8 Å². The van der Waals surface area contributed by atoms with Gasteiger partial charge in [-0.3, -0.25) is 14.5 Å². The lowest BCUT2D eigenvalue weighted by Gasteiger charge is -2.13. The highest BCUT2D eigenvalue weighted by molar-refractivity contribution is 9.10. The Hall–Kier alpha value is -4.32. The Morgan fingerprint density at radius 3 is 2.67 bits per heavy atom. The zero-order chi connectivity index (χ0) is 29.5. The number of thioether (sulfide) groups is 1. The molecule has 0 bridgehead atoms. The summed E-state index contributed by atoms with van der Waals surface area (Å²) in [4.78, 5) is 27.8. The Morgan fingerprint density at radius 1 is 1.10 bits per heavy atom. The van der Waals surface area contributed by atoms with Crippen LogP contribution in [0.2, 0.25) is 5.02 Å². The van der Waals surface area contributed by atoms with Crippen molar-refractivity contribution in [2.24, 2.45) is 10.2 Å². The van der Waals surface area contributed by atoms with E-state index >= 15 is 0 Å². The van der Waals surface area contributed by atoms with Gasteiger partial charge in [-0.2, -0.15) is 5.10 Å². The highest BCUT2D eigenvalue weighted by Crippen LogP contribution is 2.36. The first-order valence-corrected chi connectivity index (χ1v) is 14.4. The van der Waals surface area contributed by atoms with Crippen LogP contribution in [0.15, 0.2) is 109 Å². The summed E-state index contributed by atoms with van der Waals surface area (Å²) in [6, 6.07) is 22.2. The number of nitrogens with zero attached hydrogens (tertiary/aromatic N) is 3. The summed E-state index contributed by atoms with van der Waals surface area (Å²) in [6.07, 6.45) is 4.62. The summed E-state index contributed by atoms with van der Waals surface area (Å²) in [5.41, 5.74) is 1.66. The molecular formula is C30H22BrClN4O5S. The van der Waals surface area contributed by atoms with Gasteiger partial charge in [0.1, 0.15) is 17.3 Å². The van der Waals surface area contributed by atoms with Crippen molar-refractivity contribution < 1.29 is 23.8 Å². The van der Waals surface area contributed by atoms with Gasteiger partial charge in [-0.05, 0) is 84.6 Å². The van der Waals surface area contributed by atoms with E-state index in [1.165, 1.54) is 17.4 Å². The summed E-state index contributed by atoms with van der Waals surface area (Å²) in [6.45, 7) is -0.103. The number of rotatable bonds is 9. The summed E-state index contributed by atoms with van der Waals surface area (Å²) >= 11 is 10.5. The van der Waals surface area contributed by atoms with Gasteiger partial charge in [-0.1, -0.05) is 39.7 Å². The molecule has 3 aromatic carbocycles. The van der Waals surface area contributed by atoms with Crippen molar-refractivity contribution in [2.45, 2.75) is 6.54 Å². The number of aromatic hydroxyl groups is 1. The van der Waals surface area contributed by atoms with Gasteiger partial charge in [0, 0.05) is 26.3 Å². The molecule has 9 nitrogen and oxygen atoms in total. The average Bonchev–Trinajstić information content (AvgIpc) is 3.59. The van der Waals surface area contributed by atoms with E-state index in [4.69, 9.17) is 20.8 Å². The van der Waals surface area contributed by atoms with Gasteiger partial charge in [0.15, 0.2) is 11.8 Å². The molecule has 2 heterocycles. The van der Waals surface area contributed by atoms with Crippen LogP contribution < -0.4 is 10.1 Å². The van der Waals surface area contributed by atoms with Gasteiger partial charge in [-0.25, -0.2) is 0 Å². The van der Waals surface area contributed by atoms with Gasteiger partial charge < -0.3 is 19.6 Å². The molecule has 2 N–H and O–H groups in total. The number of anilines is 1. The molecule has 1 aliphatic rings. The monoisotopic (exact) mass is 664 g/mol. The predicted molar refractivity (Wildman–Crippen MR) is 168 cm³/mol. The molecule has 0 radical (unpaired) electrons. The van der Waals surface area contributed by atoms with Crippen molar-refractivity contribution in [1.82, 2.24) is 4.90 Å². The first-order chi connectivity index (χ1) is 20.4. The predicted octanol–water partition coefficient (Wildman–Crippen LogP) is 6.93. The molecular weight excluding hydrogens is 644 g/mol. The fraction of sp³-hybridized carbons (Fsp3) is 0.0667. The van der Waals surface area contributed by atoms with Crippen LogP contribution in [-0.2, 0) is 16.1 Å². The van der Waals surface area contributed by atoms with E-state index in [-0.39, 0.29) is 30.7 Å². The van der Waals surface area contributed by atoms with E-state index in [1.54, 1.807) is 84.9 Å². The number of hydrogen-bond acceptors (Lipinski definition) is 8. The number of benzene rings is 3. The highest BCUT2D eigenvalue weighted by Gasteiger charge is 2.34. The normalized spacial score (nSPS) is 15.2. The minimum Gasteiger partial charge on any atom is -0.507 e. The van der Waals surface area contributed by atoms with Crippen LogP contribution in [0.5, 0.6) is 11.5 Å². The maximum atomic E-state index is 13.5. The lowest BCUT2D eigenvalue weighted by atomic mass is 10.2. The van der Waals surface area contributed by atoms with E-state index in [1.807, 2.05) is 0 Å². The fourth-order valence-corrected chi connectivity index (χ4v) is 5.23. The van der Waals surface area contributed by atoms with Gasteiger partial charge >= 0.3 is 0 Å². The third-order valence-corrected chi connectivity index (χ3v) is 7.55. The zero-order valence-electron chi connectivity index (χ0n) is 21.7. The molecule has 42 heavy (non-hydrogen) atoms. The summed E-state index contributed by atoms with van der Waals surface area (Å²) in [5, 5.41) is 22.0. The quantitative estimate of drug-likeness (QED) is 0.114. The van der Waals surface area contributed by atoms with Crippen molar-refractivity contribution >= 4 is 74.3 Å². The van der Waals surface area contributed by atoms with Crippen molar-refractivity contribution in [1.29, 1.82) is 0 Å². The number of amides is 2. The SMILES string of the molecule is O=C(COc1ccc(Br)cc1/C=C1\S/C(=N/N=C\c2ccccc2O)N(Cc2ccco2)C1=O)Nc1ccc(Cl)cc1. The van der Waals surface area contributed by atoms with Crippen LogP contribution >= 0.6 is 39.3 Å². The van der Waals surface area contributed by atoms with E-state index in [0.717, 1.165) is 16.2 Å². The van der Waals surface area contributed by atoms with Crippen LogP contribution in [0.1, 0.15) is 16.9 Å². The molecule has 0 unspecified atom stereocenters. The third kappa shape index (κ3) is 7.49. The molecule has 0 aliphatic carbocycles. The molecule has 0 atom stereocenters. The third-order valence-electron chi connectivity index (χ3n) is 5.80. The van der Waals surface area contributed by atoms with E-state index in [9.17, 15) is 14.7 Å². The molecule has 12 heteroatoms. The minimum atomic E-state index is -0.355. The van der Waals surface area contributed by atoms with E-state index in [0.29, 0.717) is 43.4 Å². The largest absolute Gasteiger partial charge is 0.507 e. The molecule has 1 saturated heterocycles.